The first kappa shape index (κ1) is 18.0. The summed E-state index contributed by atoms with van der Waals surface area (Å²) in [5, 5.41) is 8.17. The van der Waals surface area contributed by atoms with Crippen molar-refractivity contribution in [2.75, 3.05) is 19.7 Å². The third-order valence-electron chi connectivity index (χ3n) is 4.71. The lowest BCUT2D eigenvalue weighted by atomic mass is 10.1. The van der Waals surface area contributed by atoms with E-state index < -0.39 is 0 Å². The average Bonchev–Trinajstić information content (AvgIpc) is 3.22. The zero-order chi connectivity index (χ0) is 19.3. The first-order chi connectivity index (χ1) is 13.7. The number of ether oxygens (including phenoxy) is 1. The van der Waals surface area contributed by atoms with E-state index in [1.807, 2.05) is 4.90 Å². The Morgan fingerprint density at radius 2 is 2.11 bits per heavy atom. The Bertz CT molecular complexity index is 950. The Kier molecular flexibility index (Phi) is 5.23. The normalized spacial score (nSPS) is 16.2. The molecule has 1 aliphatic rings. The fourth-order valence-electron chi connectivity index (χ4n) is 3.23. The van der Waals surface area contributed by atoms with E-state index in [1.54, 1.807) is 48.8 Å². The minimum atomic E-state index is -0.314. The van der Waals surface area contributed by atoms with Crippen LogP contribution in [0.5, 0.6) is 5.88 Å². The molecule has 1 atom stereocenters. The quantitative estimate of drug-likeness (QED) is 0.682. The summed E-state index contributed by atoms with van der Waals surface area (Å²) in [6, 6.07) is 13.2. The number of likely N-dealkylation sites (tertiary alicyclic amines) is 1. The van der Waals surface area contributed by atoms with Gasteiger partial charge in [0.25, 0.3) is 5.91 Å². The van der Waals surface area contributed by atoms with Crippen LogP contribution in [0.15, 0.2) is 60.9 Å². The van der Waals surface area contributed by atoms with Gasteiger partial charge in [0.2, 0.25) is 5.88 Å². The molecule has 0 saturated carbocycles. The van der Waals surface area contributed by atoms with Crippen LogP contribution in [-0.2, 0) is 0 Å². The second-order valence-corrected chi connectivity index (χ2v) is 6.73. The highest BCUT2D eigenvalue weighted by Gasteiger charge is 2.27. The summed E-state index contributed by atoms with van der Waals surface area (Å²) in [5.74, 6) is 0.337. The maximum Gasteiger partial charge on any atom is 0.255 e. The molecule has 7 heteroatoms. The maximum absolute atomic E-state index is 13.3. The van der Waals surface area contributed by atoms with E-state index >= 15 is 0 Å². The molecule has 3 heterocycles. The fraction of sp³-hybridized carbons (Fsp3) is 0.238. The van der Waals surface area contributed by atoms with Crippen molar-refractivity contribution in [1.29, 1.82) is 0 Å². The number of amides is 1. The van der Waals surface area contributed by atoms with Gasteiger partial charge >= 0.3 is 0 Å². The third-order valence-corrected chi connectivity index (χ3v) is 4.71. The second-order valence-electron chi connectivity index (χ2n) is 6.73. The number of pyridine rings is 1. The SMILES string of the molecule is O=C(c1cccnc1)N1CCC(COc2ccc(-c3cccc(F)c3)nn2)C1. The van der Waals surface area contributed by atoms with Gasteiger partial charge in [-0.05, 0) is 36.8 Å². The Balaban J connectivity index is 1.31. The summed E-state index contributed by atoms with van der Waals surface area (Å²) < 4.78 is 19.1. The van der Waals surface area contributed by atoms with E-state index in [0.717, 1.165) is 6.42 Å². The number of halogens is 1. The highest BCUT2D eigenvalue weighted by molar-refractivity contribution is 5.94. The molecule has 1 aliphatic heterocycles. The van der Waals surface area contributed by atoms with E-state index in [-0.39, 0.29) is 17.6 Å². The summed E-state index contributed by atoms with van der Waals surface area (Å²) in [6.45, 7) is 1.80. The average molecular weight is 378 g/mol. The molecule has 142 valence electrons. The summed E-state index contributed by atoms with van der Waals surface area (Å²) in [7, 11) is 0. The van der Waals surface area contributed by atoms with Crippen LogP contribution in [0.4, 0.5) is 4.39 Å². The van der Waals surface area contributed by atoms with Crippen molar-refractivity contribution in [3.05, 3.63) is 72.3 Å². The van der Waals surface area contributed by atoms with Gasteiger partial charge < -0.3 is 9.64 Å². The zero-order valence-electron chi connectivity index (χ0n) is 15.2. The Morgan fingerprint density at radius 1 is 1.18 bits per heavy atom. The number of benzene rings is 1. The van der Waals surface area contributed by atoms with Crippen LogP contribution in [0, 0.1) is 11.7 Å². The Hall–Kier alpha value is -3.35. The number of carbonyl (C=O) groups excluding carboxylic acids is 1. The van der Waals surface area contributed by atoms with Gasteiger partial charge in [0, 0.05) is 43.0 Å². The van der Waals surface area contributed by atoms with Crippen LogP contribution in [-0.4, -0.2) is 45.7 Å². The second kappa shape index (κ2) is 8.12. The molecule has 3 aromatic rings. The molecule has 2 aromatic heterocycles. The van der Waals surface area contributed by atoms with E-state index in [9.17, 15) is 9.18 Å². The number of nitrogens with zero attached hydrogens (tertiary/aromatic N) is 4. The molecular weight excluding hydrogens is 359 g/mol. The largest absolute Gasteiger partial charge is 0.476 e. The highest BCUT2D eigenvalue weighted by atomic mass is 19.1. The molecule has 1 aromatic carbocycles. The standard InChI is InChI=1S/C21H19FN4O2/c22-18-5-1-3-16(11-18)19-6-7-20(25-24-19)28-14-15-8-10-26(13-15)21(27)17-4-2-9-23-12-17/h1-7,9,11-12,15H,8,10,13-14H2. The van der Waals surface area contributed by atoms with E-state index in [0.29, 0.717) is 42.4 Å². The molecule has 0 radical (unpaired) electrons. The molecule has 0 spiro atoms. The lowest BCUT2D eigenvalue weighted by Gasteiger charge is -2.16. The molecule has 1 fully saturated rings. The maximum atomic E-state index is 13.3. The van der Waals surface area contributed by atoms with Gasteiger partial charge in [0.1, 0.15) is 5.82 Å². The minimum absolute atomic E-state index is 0.00478. The molecule has 1 saturated heterocycles. The summed E-state index contributed by atoms with van der Waals surface area (Å²) in [6.07, 6.45) is 4.11. The van der Waals surface area contributed by atoms with Gasteiger partial charge in [-0.15, -0.1) is 10.2 Å². The lowest BCUT2D eigenvalue weighted by Crippen LogP contribution is -2.29. The number of rotatable bonds is 5. The fourth-order valence-corrected chi connectivity index (χ4v) is 3.23. The van der Waals surface area contributed by atoms with Crippen LogP contribution < -0.4 is 4.74 Å². The van der Waals surface area contributed by atoms with E-state index in [2.05, 4.69) is 15.2 Å². The van der Waals surface area contributed by atoms with Crippen molar-refractivity contribution in [2.24, 2.45) is 5.92 Å². The number of hydrogen-bond donors (Lipinski definition) is 0. The predicted molar refractivity (Wildman–Crippen MR) is 101 cm³/mol. The van der Waals surface area contributed by atoms with Crippen LogP contribution in [0.1, 0.15) is 16.8 Å². The molecule has 0 bridgehead atoms. The van der Waals surface area contributed by atoms with Crippen molar-refractivity contribution in [2.45, 2.75) is 6.42 Å². The van der Waals surface area contributed by atoms with Gasteiger partial charge in [-0.25, -0.2) is 4.39 Å². The highest BCUT2D eigenvalue weighted by Crippen LogP contribution is 2.21. The van der Waals surface area contributed by atoms with Gasteiger partial charge in [0.15, 0.2) is 0 Å². The van der Waals surface area contributed by atoms with Crippen molar-refractivity contribution in [3.63, 3.8) is 0 Å². The molecule has 0 aliphatic carbocycles. The van der Waals surface area contributed by atoms with Crippen molar-refractivity contribution < 1.29 is 13.9 Å². The van der Waals surface area contributed by atoms with Crippen LogP contribution in [0.2, 0.25) is 0 Å². The van der Waals surface area contributed by atoms with Gasteiger partial charge in [0.05, 0.1) is 17.9 Å². The smallest absolute Gasteiger partial charge is 0.255 e. The van der Waals surface area contributed by atoms with Crippen LogP contribution in [0.3, 0.4) is 0 Å². The summed E-state index contributed by atoms with van der Waals surface area (Å²) in [4.78, 5) is 18.3. The predicted octanol–water partition coefficient (Wildman–Crippen LogP) is 3.22. The molecule has 6 nitrogen and oxygen atoms in total. The molecule has 0 N–H and O–H groups in total. The van der Waals surface area contributed by atoms with Gasteiger partial charge in [-0.1, -0.05) is 12.1 Å². The molecule has 4 rings (SSSR count). The lowest BCUT2D eigenvalue weighted by molar-refractivity contribution is 0.0782. The number of hydrogen-bond acceptors (Lipinski definition) is 5. The summed E-state index contributed by atoms with van der Waals surface area (Å²) >= 11 is 0. The molecular formula is C21H19FN4O2. The Morgan fingerprint density at radius 3 is 2.86 bits per heavy atom. The van der Waals surface area contributed by atoms with Crippen LogP contribution in [0.25, 0.3) is 11.3 Å². The Labute approximate surface area is 162 Å². The minimum Gasteiger partial charge on any atom is -0.476 e. The first-order valence-corrected chi connectivity index (χ1v) is 9.11. The van der Waals surface area contributed by atoms with Crippen molar-refractivity contribution in [3.8, 4) is 17.1 Å². The van der Waals surface area contributed by atoms with Crippen LogP contribution >= 0.6 is 0 Å². The third kappa shape index (κ3) is 4.14. The van der Waals surface area contributed by atoms with Gasteiger partial charge in [-0.3, -0.25) is 9.78 Å². The zero-order valence-corrected chi connectivity index (χ0v) is 15.2. The summed E-state index contributed by atoms with van der Waals surface area (Å²) in [5.41, 5.74) is 1.85. The topological polar surface area (TPSA) is 68.2 Å². The van der Waals surface area contributed by atoms with Crippen molar-refractivity contribution in [1.82, 2.24) is 20.1 Å². The number of aromatic nitrogens is 3. The van der Waals surface area contributed by atoms with Crippen molar-refractivity contribution >= 4 is 5.91 Å². The first-order valence-electron chi connectivity index (χ1n) is 9.11. The number of carbonyl (C=O) groups is 1. The van der Waals surface area contributed by atoms with E-state index in [1.165, 1.54) is 12.1 Å². The monoisotopic (exact) mass is 378 g/mol. The molecule has 1 unspecified atom stereocenters. The molecule has 1 amide bonds. The van der Waals surface area contributed by atoms with Gasteiger partial charge in [-0.2, -0.15) is 0 Å². The van der Waals surface area contributed by atoms with E-state index in [4.69, 9.17) is 4.74 Å². The molecule has 28 heavy (non-hydrogen) atoms.